The first-order valence-electron chi connectivity index (χ1n) is 4.84. The number of allylic oxidation sites excluding steroid dienone is 2. The highest BCUT2D eigenvalue weighted by atomic mass is 16.1. The molecule has 0 aromatic rings. The fourth-order valence-electron chi connectivity index (χ4n) is 0.820. The van der Waals surface area contributed by atoms with Gasteiger partial charge in [-0.1, -0.05) is 38.8 Å². The van der Waals surface area contributed by atoms with Gasteiger partial charge in [-0.05, 0) is 12.8 Å². The van der Waals surface area contributed by atoms with Gasteiger partial charge >= 0.3 is 6.41 Å². The van der Waals surface area contributed by atoms with E-state index in [0.717, 1.165) is 25.7 Å². The van der Waals surface area contributed by atoms with Crippen molar-refractivity contribution in [1.82, 2.24) is 4.90 Å². The van der Waals surface area contributed by atoms with E-state index in [9.17, 15) is 4.79 Å². The third kappa shape index (κ3) is 7.32. The van der Waals surface area contributed by atoms with Crippen molar-refractivity contribution < 1.29 is 4.79 Å². The van der Waals surface area contributed by atoms with Crippen LogP contribution in [0.1, 0.15) is 39.5 Å². The topological polar surface area (TPSA) is 20.3 Å². The van der Waals surface area contributed by atoms with Gasteiger partial charge in [0.25, 0.3) is 0 Å². The minimum absolute atomic E-state index is 1.000. The number of rotatable bonds is 7. The van der Waals surface area contributed by atoms with Crippen LogP contribution in [0.5, 0.6) is 0 Å². The summed E-state index contributed by atoms with van der Waals surface area (Å²) in [4.78, 5) is 11.8. The molecule has 0 aliphatic heterocycles. The molecule has 0 saturated heterocycles. The molecule has 0 aromatic heterocycles. The van der Waals surface area contributed by atoms with E-state index in [-0.39, 0.29) is 0 Å². The minimum Gasteiger partial charge on any atom is -0.287 e. The van der Waals surface area contributed by atoms with Crippen LogP contribution < -0.4 is 0 Å². The van der Waals surface area contributed by atoms with Crippen molar-refractivity contribution in [2.45, 2.75) is 39.5 Å². The highest BCUT2D eigenvalue weighted by Gasteiger charge is 1.88. The standard InChI is InChI=1S/C11H18NO/c1-3-5-7-9-12(11-13)10-8-6-4-2/h7-10H,3-6H2,1-2H3/b9-7+,10-8+. The first-order chi connectivity index (χ1) is 6.35. The number of nitrogens with zero attached hydrogens (tertiary/aromatic N) is 1. The molecule has 13 heavy (non-hydrogen) atoms. The summed E-state index contributed by atoms with van der Waals surface area (Å²) >= 11 is 0. The van der Waals surface area contributed by atoms with Crippen molar-refractivity contribution in [1.29, 1.82) is 0 Å². The smallest absolute Gasteiger partial charge is 0.287 e. The van der Waals surface area contributed by atoms with Crippen molar-refractivity contribution in [3.8, 4) is 0 Å². The summed E-state index contributed by atoms with van der Waals surface area (Å²) < 4.78 is 0. The summed E-state index contributed by atoms with van der Waals surface area (Å²) in [5.74, 6) is 0. The first kappa shape index (κ1) is 11.9. The largest absolute Gasteiger partial charge is 0.320 e. The predicted molar refractivity (Wildman–Crippen MR) is 55.6 cm³/mol. The van der Waals surface area contributed by atoms with Gasteiger partial charge in [-0.3, -0.25) is 9.69 Å². The van der Waals surface area contributed by atoms with Crippen LogP contribution >= 0.6 is 0 Å². The lowest BCUT2D eigenvalue weighted by atomic mass is 10.3. The molecule has 73 valence electrons. The van der Waals surface area contributed by atoms with Crippen molar-refractivity contribution in [2.24, 2.45) is 0 Å². The Labute approximate surface area is 80.9 Å². The van der Waals surface area contributed by atoms with E-state index < -0.39 is 0 Å². The number of hydrogen-bond donors (Lipinski definition) is 0. The Morgan fingerprint density at radius 3 is 1.85 bits per heavy atom. The van der Waals surface area contributed by atoms with E-state index in [4.69, 9.17) is 0 Å². The first-order valence-corrected chi connectivity index (χ1v) is 4.84. The molecule has 0 spiro atoms. The zero-order chi connectivity index (χ0) is 9.94. The third-order valence-corrected chi connectivity index (χ3v) is 1.55. The van der Waals surface area contributed by atoms with Crippen LogP contribution in [-0.4, -0.2) is 11.3 Å². The highest BCUT2D eigenvalue weighted by Crippen LogP contribution is 1.95. The summed E-state index contributed by atoms with van der Waals surface area (Å²) in [6.45, 7) is 4.21. The Morgan fingerprint density at radius 2 is 1.54 bits per heavy atom. The number of unbranched alkanes of at least 4 members (excludes halogenated alkanes) is 2. The van der Waals surface area contributed by atoms with Gasteiger partial charge < -0.3 is 0 Å². The van der Waals surface area contributed by atoms with Gasteiger partial charge in [0.15, 0.2) is 0 Å². The van der Waals surface area contributed by atoms with Gasteiger partial charge in [0.2, 0.25) is 0 Å². The number of amides is 1. The zero-order valence-electron chi connectivity index (χ0n) is 8.49. The van der Waals surface area contributed by atoms with E-state index in [1.54, 1.807) is 12.4 Å². The molecule has 0 bridgehead atoms. The van der Waals surface area contributed by atoms with Crippen molar-refractivity contribution in [3.05, 3.63) is 24.6 Å². The molecule has 0 heterocycles. The number of carbonyl (C=O) groups excluding carboxylic acids is 1. The SMILES string of the molecule is CCC/C=C/N([C]=O)/C=C/CCC. The maximum Gasteiger partial charge on any atom is 0.320 e. The lowest BCUT2D eigenvalue weighted by molar-refractivity contribution is 0.512. The van der Waals surface area contributed by atoms with Gasteiger partial charge in [0, 0.05) is 12.4 Å². The lowest BCUT2D eigenvalue weighted by Gasteiger charge is -2.02. The van der Waals surface area contributed by atoms with Crippen LogP contribution in [0, 0.1) is 0 Å². The minimum atomic E-state index is 1.000. The van der Waals surface area contributed by atoms with Gasteiger partial charge in [0.05, 0.1) is 0 Å². The summed E-state index contributed by atoms with van der Waals surface area (Å²) in [5, 5.41) is 0. The van der Waals surface area contributed by atoms with E-state index in [1.807, 2.05) is 18.6 Å². The molecule has 0 atom stereocenters. The van der Waals surface area contributed by atoms with Crippen LogP contribution in [-0.2, 0) is 4.79 Å². The molecule has 1 radical (unpaired) electrons. The Hall–Kier alpha value is -1.05. The fourth-order valence-corrected chi connectivity index (χ4v) is 0.820. The van der Waals surface area contributed by atoms with E-state index in [2.05, 4.69) is 13.8 Å². The van der Waals surface area contributed by atoms with Gasteiger partial charge in [-0.25, -0.2) is 0 Å². The van der Waals surface area contributed by atoms with E-state index in [0.29, 0.717) is 0 Å². The summed E-state index contributed by atoms with van der Waals surface area (Å²) in [5.41, 5.74) is 0. The molecule has 0 N–H and O–H groups in total. The summed E-state index contributed by atoms with van der Waals surface area (Å²) in [7, 11) is 0. The summed E-state index contributed by atoms with van der Waals surface area (Å²) in [6, 6.07) is 0. The molecule has 0 unspecified atom stereocenters. The van der Waals surface area contributed by atoms with Crippen molar-refractivity contribution in [3.63, 3.8) is 0 Å². The monoisotopic (exact) mass is 180 g/mol. The molecular weight excluding hydrogens is 162 g/mol. The van der Waals surface area contributed by atoms with E-state index >= 15 is 0 Å². The van der Waals surface area contributed by atoms with Gasteiger partial charge in [-0.2, -0.15) is 0 Å². The molecular formula is C11H18NO. The molecule has 0 fully saturated rings. The highest BCUT2D eigenvalue weighted by molar-refractivity contribution is 5.51. The molecule has 0 aliphatic carbocycles. The normalized spacial score (nSPS) is 11.2. The third-order valence-electron chi connectivity index (χ3n) is 1.55. The summed E-state index contributed by atoms with van der Waals surface area (Å²) in [6.07, 6.45) is 13.5. The van der Waals surface area contributed by atoms with Crippen LogP contribution in [0.2, 0.25) is 0 Å². The molecule has 0 aromatic carbocycles. The van der Waals surface area contributed by atoms with Crippen LogP contribution in [0.3, 0.4) is 0 Å². The predicted octanol–water partition coefficient (Wildman–Crippen LogP) is 2.98. The zero-order valence-corrected chi connectivity index (χ0v) is 8.49. The molecule has 2 heteroatoms. The van der Waals surface area contributed by atoms with Gasteiger partial charge in [0.1, 0.15) is 0 Å². The molecule has 2 nitrogen and oxygen atoms in total. The Kier molecular flexibility index (Phi) is 8.31. The average molecular weight is 180 g/mol. The second kappa shape index (κ2) is 9.04. The fraction of sp³-hybridized carbons (Fsp3) is 0.545. The van der Waals surface area contributed by atoms with Gasteiger partial charge in [-0.15, -0.1) is 0 Å². The van der Waals surface area contributed by atoms with Crippen molar-refractivity contribution in [2.75, 3.05) is 0 Å². The lowest BCUT2D eigenvalue weighted by Crippen LogP contribution is -2.04. The quantitative estimate of drug-likeness (QED) is 0.551. The molecule has 0 rings (SSSR count). The molecule has 1 amide bonds. The second-order valence-electron chi connectivity index (χ2n) is 2.85. The second-order valence-corrected chi connectivity index (χ2v) is 2.85. The van der Waals surface area contributed by atoms with Crippen molar-refractivity contribution >= 4 is 6.41 Å². The average Bonchev–Trinajstić information content (AvgIpc) is 2.16. The Morgan fingerprint density at radius 1 is 1.08 bits per heavy atom. The maximum atomic E-state index is 10.4. The van der Waals surface area contributed by atoms with Crippen LogP contribution in [0.4, 0.5) is 0 Å². The number of hydrogen-bond acceptors (Lipinski definition) is 1. The van der Waals surface area contributed by atoms with E-state index in [1.165, 1.54) is 4.90 Å². The van der Waals surface area contributed by atoms with Crippen LogP contribution in [0.25, 0.3) is 0 Å². The Bertz CT molecular complexity index is 157. The maximum absolute atomic E-state index is 10.4. The molecule has 0 saturated carbocycles. The molecule has 0 aliphatic rings. The Balaban J connectivity index is 3.81. The van der Waals surface area contributed by atoms with Crippen LogP contribution in [0.15, 0.2) is 24.6 Å².